The van der Waals surface area contributed by atoms with Crippen LogP contribution in [0, 0.1) is 0 Å². The van der Waals surface area contributed by atoms with Gasteiger partial charge in [0.2, 0.25) is 0 Å². The van der Waals surface area contributed by atoms with Gasteiger partial charge >= 0.3 is 0 Å². The highest BCUT2D eigenvalue weighted by Gasteiger charge is 2.22. The average molecular weight is 899 g/mol. The molecule has 0 radical (unpaired) electrons. The van der Waals surface area contributed by atoms with Crippen LogP contribution in [0.5, 0.6) is 0 Å². The molecule has 4 heteroatoms. The fourth-order valence-electron chi connectivity index (χ4n) is 9.27. The second-order valence-electron chi connectivity index (χ2n) is 17.0. The van der Waals surface area contributed by atoms with E-state index >= 15 is 0 Å². The number of hydrogen-bond donors (Lipinski definition) is 0. The van der Waals surface area contributed by atoms with E-state index in [1.807, 2.05) is 0 Å². The molecule has 0 aliphatic carbocycles. The van der Waals surface area contributed by atoms with E-state index in [1.165, 1.54) is 0 Å². The largest absolute Gasteiger partial charge is 0.311 e. The minimum absolute atomic E-state index is 1.05. The van der Waals surface area contributed by atoms with Gasteiger partial charge in [-0.3, -0.25) is 0 Å². The summed E-state index contributed by atoms with van der Waals surface area (Å²) in [5, 5.41) is 0. The molecule has 0 aliphatic rings. The van der Waals surface area contributed by atoms with E-state index in [-0.39, 0.29) is 0 Å². The van der Waals surface area contributed by atoms with Gasteiger partial charge in [-0.25, -0.2) is 0 Å². The fraction of sp³-hybridized carbons (Fsp3) is 0. The number of benzene rings is 11. The molecule has 0 bridgehead atoms. The summed E-state index contributed by atoms with van der Waals surface area (Å²) in [4.78, 5) is 9.31. The van der Waals surface area contributed by atoms with Crippen LogP contribution in [-0.4, -0.2) is 0 Å². The van der Waals surface area contributed by atoms with Gasteiger partial charge < -0.3 is 19.6 Å². The SMILES string of the molecule is c1ccc(N(c2ccccc2)c2ccc(-c3ccc(N(c4ccccc4)c4ccccc4N(c4ccccc4)c4ccc(-c5ccc(N(c6ccccc6)c6ccccc6)cc5)cc4)cc3)cc2)cc1. The van der Waals surface area contributed by atoms with Crippen LogP contribution in [0.1, 0.15) is 0 Å². The van der Waals surface area contributed by atoms with Crippen molar-refractivity contribution in [2.45, 2.75) is 0 Å². The van der Waals surface area contributed by atoms with Crippen LogP contribution < -0.4 is 19.6 Å². The summed E-state index contributed by atoms with van der Waals surface area (Å²) in [6.45, 7) is 0. The van der Waals surface area contributed by atoms with Gasteiger partial charge in [0.1, 0.15) is 0 Å². The van der Waals surface area contributed by atoms with Crippen molar-refractivity contribution in [3.63, 3.8) is 0 Å². The lowest BCUT2D eigenvalue weighted by molar-refractivity contribution is 1.23. The number of hydrogen-bond acceptors (Lipinski definition) is 4. The predicted octanol–water partition coefficient (Wildman–Crippen LogP) is 18.9. The lowest BCUT2D eigenvalue weighted by atomic mass is 10.0. The molecule has 0 fully saturated rings. The van der Waals surface area contributed by atoms with Crippen molar-refractivity contribution < 1.29 is 0 Å². The first-order valence-electron chi connectivity index (χ1n) is 23.8. The van der Waals surface area contributed by atoms with Gasteiger partial charge in [0.05, 0.1) is 11.4 Å². The summed E-state index contributed by atoms with van der Waals surface area (Å²) < 4.78 is 0. The molecule has 0 saturated carbocycles. The average Bonchev–Trinajstić information content (AvgIpc) is 3.44. The van der Waals surface area contributed by atoms with Crippen LogP contribution in [0.25, 0.3) is 22.3 Å². The van der Waals surface area contributed by atoms with Crippen molar-refractivity contribution in [2.24, 2.45) is 0 Å². The Balaban J connectivity index is 0.915. The molecule has 4 nitrogen and oxygen atoms in total. The first-order chi connectivity index (χ1) is 34.7. The van der Waals surface area contributed by atoms with Gasteiger partial charge in [-0.15, -0.1) is 0 Å². The molecule has 0 aromatic heterocycles. The van der Waals surface area contributed by atoms with E-state index in [0.29, 0.717) is 0 Å². The zero-order chi connectivity index (χ0) is 46.9. The van der Waals surface area contributed by atoms with E-state index in [0.717, 1.165) is 90.5 Å². The summed E-state index contributed by atoms with van der Waals surface area (Å²) in [6.07, 6.45) is 0. The Morgan fingerprint density at radius 3 is 0.500 bits per heavy atom. The van der Waals surface area contributed by atoms with Gasteiger partial charge in [-0.1, -0.05) is 170 Å². The smallest absolute Gasteiger partial charge is 0.0702 e. The number of para-hydroxylation sites is 8. The molecule has 0 heterocycles. The van der Waals surface area contributed by atoms with Crippen molar-refractivity contribution in [3.8, 4) is 22.3 Å². The maximum atomic E-state index is 2.36. The molecule has 11 aromatic carbocycles. The minimum Gasteiger partial charge on any atom is -0.311 e. The molecule has 0 atom stereocenters. The Hall–Kier alpha value is -9.38. The Morgan fingerprint density at radius 1 is 0.129 bits per heavy atom. The highest BCUT2D eigenvalue weighted by atomic mass is 15.2. The molecule has 0 unspecified atom stereocenters. The van der Waals surface area contributed by atoms with Gasteiger partial charge in [-0.2, -0.15) is 0 Å². The second kappa shape index (κ2) is 20.2. The Kier molecular flexibility index (Phi) is 12.5. The summed E-state index contributed by atoms with van der Waals surface area (Å²) in [5.74, 6) is 0. The molecule has 70 heavy (non-hydrogen) atoms. The molecule has 0 spiro atoms. The third kappa shape index (κ3) is 9.18. The summed E-state index contributed by atoms with van der Waals surface area (Å²) in [7, 11) is 0. The molecule has 0 saturated heterocycles. The van der Waals surface area contributed by atoms with E-state index in [9.17, 15) is 0 Å². The monoisotopic (exact) mass is 898 g/mol. The quantitative estimate of drug-likeness (QED) is 0.108. The van der Waals surface area contributed by atoms with E-state index in [2.05, 4.69) is 323 Å². The first kappa shape index (κ1) is 43.2. The minimum atomic E-state index is 1.05. The van der Waals surface area contributed by atoms with Crippen LogP contribution in [-0.2, 0) is 0 Å². The van der Waals surface area contributed by atoms with Crippen molar-refractivity contribution in [1.29, 1.82) is 0 Å². The zero-order valence-electron chi connectivity index (χ0n) is 38.7. The highest BCUT2D eigenvalue weighted by molar-refractivity contribution is 5.92. The molecule has 0 N–H and O–H groups in total. The van der Waals surface area contributed by atoms with Gasteiger partial charge in [-0.05, 0) is 156 Å². The van der Waals surface area contributed by atoms with Crippen LogP contribution >= 0.6 is 0 Å². The summed E-state index contributed by atoms with van der Waals surface area (Å²) >= 11 is 0. The van der Waals surface area contributed by atoms with E-state index < -0.39 is 0 Å². The van der Waals surface area contributed by atoms with Crippen molar-refractivity contribution >= 4 is 68.2 Å². The predicted molar refractivity (Wildman–Crippen MR) is 296 cm³/mol. The van der Waals surface area contributed by atoms with Crippen LogP contribution in [0.15, 0.2) is 303 Å². The Morgan fingerprint density at radius 2 is 0.286 bits per heavy atom. The molecule has 0 aliphatic heterocycles. The van der Waals surface area contributed by atoms with Gasteiger partial charge in [0, 0.05) is 56.9 Å². The van der Waals surface area contributed by atoms with Crippen LogP contribution in [0.4, 0.5) is 68.2 Å². The first-order valence-corrected chi connectivity index (χ1v) is 23.8. The molecule has 11 aromatic rings. The van der Waals surface area contributed by atoms with Crippen molar-refractivity contribution in [2.75, 3.05) is 19.6 Å². The number of nitrogens with zero attached hydrogens (tertiary/aromatic N) is 4. The van der Waals surface area contributed by atoms with Crippen LogP contribution in [0.2, 0.25) is 0 Å². The maximum absolute atomic E-state index is 2.36. The van der Waals surface area contributed by atoms with E-state index in [1.54, 1.807) is 0 Å². The molecular formula is C66H50N4. The zero-order valence-corrected chi connectivity index (χ0v) is 38.7. The highest BCUT2D eigenvalue weighted by Crippen LogP contribution is 2.46. The lowest BCUT2D eigenvalue weighted by Crippen LogP contribution is -2.16. The van der Waals surface area contributed by atoms with Gasteiger partial charge in [0.15, 0.2) is 0 Å². The van der Waals surface area contributed by atoms with Crippen LogP contribution in [0.3, 0.4) is 0 Å². The summed E-state index contributed by atoms with van der Waals surface area (Å²) in [5.41, 5.74) is 17.6. The standard InChI is InChI=1S/C66H50N4/c1-7-21-55(22-8-1)67(56-23-9-2-10-24-56)61-43-35-51(36-44-61)53-39-47-63(48-40-53)69(59-29-15-5-16-30-59)65-33-19-20-34-66(65)70(60-31-17-6-18-32-60)64-49-41-54(42-50-64)52-37-45-62(46-38-52)68(57-25-11-3-12-26-57)58-27-13-4-14-28-58/h1-50H. The Bertz CT molecular complexity index is 3060. The van der Waals surface area contributed by atoms with Crippen molar-refractivity contribution in [3.05, 3.63) is 303 Å². The lowest BCUT2D eigenvalue weighted by Gasteiger charge is -2.33. The molecule has 11 rings (SSSR count). The third-order valence-corrected chi connectivity index (χ3v) is 12.6. The topological polar surface area (TPSA) is 13.0 Å². The van der Waals surface area contributed by atoms with Gasteiger partial charge in [0.25, 0.3) is 0 Å². The normalized spacial score (nSPS) is 10.9. The third-order valence-electron chi connectivity index (χ3n) is 12.6. The second-order valence-corrected chi connectivity index (χ2v) is 17.0. The summed E-state index contributed by atoms with van der Waals surface area (Å²) in [6, 6.07) is 108. The fourth-order valence-corrected chi connectivity index (χ4v) is 9.27. The number of anilines is 12. The number of rotatable bonds is 14. The molecule has 334 valence electrons. The van der Waals surface area contributed by atoms with Crippen molar-refractivity contribution in [1.82, 2.24) is 0 Å². The molecule has 0 amide bonds. The molecular weight excluding hydrogens is 849 g/mol. The van der Waals surface area contributed by atoms with E-state index in [4.69, 9.17) is 0 Å². The Labute approximate surface area is 411 Å². The maximum Gasteiger partial charge on any atom is 0.0702 e.